The highest BCUT2D eigenvalue weighted by Gasteiger charge is 2.17. The van der Waals surface area contributed by atoms with Crippen molar-refractivity contribution >= 4 is 17.8 Å². The number of nitrogens with zero attached hydrogens (tertiary/aromatic N) is 5. The average Bonchev–Trinajstić information content (AvgIpc) is 2.49. The molecule has 1 rings (SSSR count). The summed E-state index contributed by atoms with van der Waals surface area (Å²) in [4.78, 5) is 28.4. The van der Waals surface area contributed by atoms with E-state index >= 15 is 0 Å². The van der Waals surface area contributed by atoms with E-state index in [0.29, 0.717) is 11.9 Å². The molecule has 1 heterocycles. The molecule has 1 aromatic rings. The summed E-state index contributed by atoms with van der Waals surface area (Å²) in [6.07, 6.45) is 0. The zero-order chi connectivity index (χ0) is 15.1. The molecular formula is C12H23N7O. The van der Waals surface area contributed by atoms with Crippen molar-refractivity contribution in [1.82, 2.24) is 20.4 Å². The standard InChI is InChI=1S/C12H23N7O/c1-5-18(6-2)11-14-9(10(20)17-13)15-12(16-11)19(7-3)8-4/h5-8,13H2,1-4H3,(H,17,20). The minimum absolute atomic E-state index is 0.0336. The van der Waals surface area contributed by atoms with E-state index in [-0.39, 0.29) is 5.82 Å². The Morgan fingerprint density at radius 1 is 0.950 bits per heavy atom. The summed E-state index contributed by atoms with van der Waals surface area (Å²) < 4.78 is 0. The smallest absolute Gasteiger partial charge is 0.303 e. The van der Waals surface area contributed by atoms with Crippen LogP contribution in [0.3, 0.4) is 0 Å². The first-order chi connectivity index (χ1) is 9.60. The number of anilines is 2. The lowest BCUT2D eigenvalue weighted by molar-refractivity contribution is 0.0943. The summed E-state index contributed by atoms with van der Waals surface area (Å²) >= 11 is 0. The van der Waals surface area contributed by atoms with Crippen LogP contribution in [0.4, 0.5) is 11.9 Å². The van der Waals surface area contributed by atoms with Crippen molar-refractivity contribution in [2.45, 2.75) is 27.7 Å². The number of hydrogen-bond acceptors (Lipinski definition) is 7. The van der Waals surface area contributed by atoms with Gasteiger partial charge < -0.3 is 9.80 Å². The van der Waals surface area contributed by atoms with Gasteiger partial charge >= 0.3 is 5.91 Å². The number of amides is 1. The molecule has 0 saturated carbocycles. The Bertz CT molecular complexity index is 413. The van der Waals surface area contributed by atoms with Crippen LogP contribution >= 0.6 is 0 Å². The zero-order valence-electron chi connectivity index (χ0n) is 12.6. The normalized spacial score (nSPS) is 10.2. The fourth-order valence-electron chi connectivity index (χ4n) is 1.82. The molecule has 0 unspecified atom stereocenters. The van der Waals surface area contributed by atoms with Gasteiger partial charge in [-0.05, 0) is 27.7 Å². The van der Waals surface area contributed by atoms with Crippen molar-refractivity contribution < 1.29 is 4.79 Å². The van der Waals surface area contributed by atoms with E-state index in [1.54, 1.807) is 0 Å². The summed E-state index contributed by atoms with van der Waals surface area (Å²) in [6.45, 7) is 11.0. The van der Waals surface area contributed by atoms with E-state index in [2.05, 4.69) is 20.4 Å². The lowest BCUT2D eigenvalue weighted by atomic mass is 10.5. The van der Waals surface area contributed by atoms with Crippen molar-refractivity contribution in [2.75, 3.05) is 36.0 Å². The molecule has 0 aromatic carbocycles. The van der Waals surface area contributed by atoms with Crippen LogP contribution in [0.25, 0.3) is 0 Å². The molecule has 0 aliphatic heterocycles. The number of aromatic nitrogens is 3. The number of nitrogens with two attached hydrogens (primary N) is 1. The Morgan fingerprint density at radius 3 is 1.65 bits per heavy atom. The van der Waals surface area contributed by atoms with Gasteiger partial charge in [0.2, 0.25) is 17.7 Å². The highest BCUT2D eigenvalue weighted by molar-refractivity contribution is 5.90. The number of rotatable bonds is 7. The molecule has 8 heteroatoms. The first-order valence-corrected chi connectivity index (χ1v) is 6.87. The van der Waals surface area contributed by atoms with Crippen LogP contribution in [-0.2, 0) is 0 Å². The lowest BCUT2D eigenvalue weighted by Crippen LogP contribution is -2.34. The summed E-state index contributed by atoms with van der Waals surface area (Å²) in [6, 6.07) is 0. The van der Waals surface area contributed by atoms with Gasteiger partial charge in [0.25, 0.3) is 0 Å². The van der Waals surface area contributed by atoms with Crippen LogP contribution in [0.1, 0.15) is 38.3 Å². The number of hydrogen-bond donors (Lipinski definition) is 2. The van der Waals surface area contributed by atoms with Gasteiger partial charge in [-0.15, -0.1) is 0 Å². The zero-order valence-corrected chi connectivity index (χ0v) is 12.6. The second-order valence-electron chi connectivity index (χ2n) is 4.08. The monoisotopic (exact) mass is 281 g/mol. The third-order valence-corrected chi connectivity index (χ3v) is 3.04. The molecule has 0 saturated heterocycles. The maximum Gasteiger partial charge on any atom is 0.303 e. The molecule has 8 nitrogen and oxygen atoms in total. The number of nitrogen functional groups attached to an aromatic ring is 1. The van der Waals surface area contributed by atoms with Crippen molar-refractivity contribution in [3.63, 3.8) is 0 Å². The molecule has 1 aromatic heterocycles. The molecule has 20 heavy (non-hydrogen) atoms. The van der Waals surface area contributed by atoms with E-state index in [4.69, 9.17) is 5.84 Å². The molecular weight excluding hydrogens is 258 g/mol. The SMILES string of the molecule is CCN(CC)c1nc(C(=O)NN)nc(N(CC)CC)n1. The van der Waals surface area contributed by atoms with Gasteiger partial charge in [0.05, 0.1) is 0 Å². The van der Waals surface area contributed by atoms with E-state index in [1.165, 1.54) is 0 Å². The van der Waals surface area contributed by atoms with Gasteiger partial charge in [0, 0.05) is 26.2 Å². The molecule has 1 amide bonds. The van der Waals surface area contributed by atoms with Crippen LogP contribution in [0.2, 0.25) is 0 Å². The highest BCUT2D eigenvalue weighted by Crippen LogP contribution is 2.14. The Hall–Kier alpha value is -1.96. The Kier molecular flexibility index (Phi) is 6.10. The molecule has 0 atom stereocenters. The van der Waals surface area contributed by atoms with Crippen molar-refractivity contribution in [3.8, 4) is 0 Å². The van der Waals surface area contributed by atoms with Crippen molar-refractivity contribution in [3.05, 3.63) is 5.82 Å². The third-order valence-electron chi connectivity index (χ3n) is 3.04. The topological polar surface area (TPSA) is 100 Å². The number of carbonyl (C=O) groups is 1. The Balaban J connectivity index is 3.30. The van der Waals surface area contributed by atoms with Gasteiger partial charge in [0.1, 0.15) is 0 Å². The lowest BCUT2D eigenvalue weighted by Gasteiger charge is -2.23. The summed E-state index contributed by atoms with van der Waals surface area (Å²) in [7, 11) is 0. The van der Waals surface area contributed by atoms with Gasteiger partial charge in [0.15, 0.2) is 0 Å². The average molecular weight is 281 g/mol. The number of hydrazine groups is 1. The molecule has 0 bridgehead atoms. The van der Waals surface area contributed by atoms with Crippen LogP contribution in [0, 0.1) is 0 Å². The largest absolute Gasteiger partial charge is 0.341 e. The molecule has 0 radical (unpaired) electrons. The van der Waals surface area contributed by atoms with Crippen LogP contribution in [0.15, 0.2) is 0 Å². The summed E-state index contributed by atoms with van der Waals surface area (Å²) in [5.41, 5.74) is 2.06. The summed E-state index contributed by atoms with van der Waals surface area (Å²) in [5, 5.41) is 0. The predicted octanol–water partition coefficient (Wildman–Crippen LogP) is 0.168. The molecule has 0 aliphatic carbocycles. The Labute approximate surface area is 119 Å². The van der Waals surface area contributed by atoms with Crippen molar-refractivity contribution in [1.29, 1.82) is 0 Å². The molecule has 0 spiro atoms. The maximum atomic E-state index is 11.7. The van der Waals surface area contributed by atoms with Gasteiger partial charge in [-0.2, -0.15) is 15.0 Å². The van der Waals surface area contributed by atoms with Crippen LogP contribution in [0.5, 0.6) is 0 Å². The van der Waals surface area contributed by atoms with Gasteiger partial charge in [-0.3, -0.25) is 10.2 Å². The minimum atomic E-state index is -0.519. The van der Waals surface area contributed by atoms with Crippen LogP contribution < -0.4 is 21.1 Å². The first-order valence-electron chi connectivity index (χ1n) is 6.87. The van der Waals surface area contributed by atoms with E-state index in [1.807, 2.05) is 37.5 Å². The molecule has 3 N–H and O–H groups in total. The third kappa shape index (κ3) is 3.53. The quantitative estimate of drug-likeness (QED) is 0.417. The second kappa shape index (κ2) is 7.59. The van der Waals surface area contributed by atoms with Crippen molar-refractivity contribution in [2.24, 2.45) is 5.84 Å². The minimum Gasteiger partial charge on any atom is -0.341 e. The molecule has 0 aliphatic rings. The van der Waals surface area contributed by atoms with E-state index in [0.717, 1.165) is 26.2 Å². The second-order valence-corrected chi connectivity index (χ2v) is 4.08. The Morgan fingerprint density at radius 2 is 1.35 bits per heavy atom. The number of nitrogens with one attached hydrogen (secondary N) is 1. The fourth-order valence-corrected chi connectivity index (χ4v) is 1.82. The predicted molar refractivity (Wildman–Crippen MR) is 78.6 cm³/mol. The van der Waals surface area contributed by atoms with Gasteiger partial charge in [-0.25, -0.2) is 5.84 Å². The first kappa shape index (κ1) is 16.1. The van der Waals surface area contributed by atoms with Crippen LogP contribution in [-0.4, -0.2) is 47.0 Å². The molecule has 0 fully saturated rings. The molecule has 112 valence electrons. The van der Waals surface area contributed by atoms with Gasteiger partial charge in [-0.1, -0.05) is 0 Å². The fraction of sp³-hybridized carbons (Fsp3) is 0.667. The summed E-state index contributed by atoms with van der Waals surface area (Å²) in [5.74, 6) is 5.66. The highest BCUT2D eigenvalue weighted by atomic mass is 16.2. The maximum absolute atomic E-state index is 11.7. The van der Waals surface area contributed by atoms with E-state index < -0.39 is 5.91 Å². The van der Waals surface area contributed by atoms with E-state index in [9.17, 15) is 4.79 Å². The number of carbonyl (C=O) groups excluding carboxylic acids is 1.